The highest BCUT2D eigenvalue weighted by Gasteiger charge is 2.08. The monoisotopic (exact) mass is 374 g/mol. The van der Waals surface area contributed by atoms with Gasteiger partial charge in [-0.05, 0) is 41.8 Å². The average Bonchev–Trinajstić information content (AvgIpc) is 3.10. The van der Waals surface area contributed by atoms with Gasteiger partial charge in [0.2, 0.25) is 5.91 Å². The number of nitrogens with one attached hydrogen (secondary N) is 2. The molecule has 2 N–H and O–H groups in total. The van der Waals surface area contributed by atoms with Gasteiger partial charge in [0.25, 0.3) is 0 Å². The molecule has 0 saturated heterocycles. The van der Waals surface area contributed by atoms with Crippen LogP contribution in [0.5, 0.6) is 5.75 Å². The van der Waals surface area contributed by atoms with Gasteiger partial charge in [-0.1, -0.05) is 17.7 Å². The van der Waals surface area contributed by atoms with E-state index in [9.17, 15) is 4.79 Å². The van der Waals surface area contributed by atoms with Gasteiger partial charge in [0.1, 0.15) is 5.75 Å². The van der Waals surface area contributed by atoms with Crippen LogP contribution in [0.2, 0.25) is 5.02 Å². The van der Waals surface area contributed by atoms with Gasteiger partial charge in [-0.2, -0.15) is 0 Å². The molecule has 0 aliphatic heterocycles. The molecule has 1 amide bonds. The minimum Gasteiger partial charge on any atom is -0.495 e. The summed E-state index contributed by atoms with van der Waals surface area (Å²) in [5, 5.41) is 16.4. The maximum Gasteiger partial charge on any atom is 0.230 e. The number of hydrogen-bond acceptors (Lipinski definition) is 6. The molecule has 0 aliphatic rings. The van der Waals surface area contributed by atoms with Crippen LogP contribution in [0.4, 0.5) is 17.3 Å². The van der Waals surface area contributed by atoms with Gasteiger partial charge in [-0.25, -0.2) is 0 Å². The molecule has 0 aliphatic carbocycles. The van der Waals surface area contributed by atoms with Gasteiger partial charge in [0.15, 0.2) is 11.6 Å². The topological polar surface area (TPSA) is 76.1 Å². The normalized spacial score (nSPS) is 10.3. The number of rotatable bonds is 6. The van der Waals surface area contributed by atoms with E-state index in [0.29, 0.717) is 34.5 Å². The summed E-state index contributed by atoms with van der Waals surface area (Å²) in [5.74, 6) is 1.41. The van der Waals surface area contributed by atoms with Gasteiger partial charge >= 0.3 is 0 Å². The number of anilines is 3. The lowest BCUT2D eigenvalue weighted by molar-refractivity contribution is -0.115. The largest absolute Gasteiger partial charge is 0.495 e. The van der Waals surface area contributed by atoms with E-state index in [0.717, 1.165) is 4.88 Å². The second-order valence-electron chi connectivity index (χ2n) is 5.08. The molecule has 3 rings (SSSR count). The zero-order valence-electron chi connectivity index (χ0n) is 13.3. The van der Waals surface area contributed by atoms with Crippen molar-refractivity contribution in [2.75, 3.05) is 17.7 Å². The van der Waals surface area contributed by atoms with Crippen LogP contribution in [0.15, 0.2) is 47.8 Å². The summed E-state index contributed by atoms with van der Waals surface area (Å²) < 4.78 is 5.27. The van der Waals surface area contributed by atoms with Crippen LogP contribution in [-0.2, 0) is 11.2 Å². The molecule has 1 aromatic carbocycles. The van der Waals surface area contributed by atoms with Crippen LogP contribution in [0.3, 0.4) is 0 Å². The second-order valence-corrected chi connectivity index (χ2v) is 6.55. The molecule has 0 saturated carbocycles. The van der Waals surface area contributed by atoms with Gasteiger partial charge < -0.3 is 15.4 Å². The first-order valence-electron chi connectivity index (χ1n) is 7.40. The van der Waals surface area contributed by atoms with Crippen LogP contribution in [0.1, 0.15) is 4.88 Å². The number of aromatic nitrogens is 2. The summed E-state index contributed by atoms with van der Waals surface area (Å²) in [6.45, 7) is 0. The minimum atomic E-state index is -0.131. The fraction of sp³-hybridized carbons (Fsp3) is 0.118. The minimum absolute atomic E-state index is 0.131. The Balaban J connectivity index is 1.64. The van der Waals surface area contributed by atoms with E-state index in [4.69, 9.17) is 16.3 Å². The zero-order valence-corrected chi connectivity index (χ0v) is 14.9. The smallest absolute Gasteiger partial charge is 0.230 e. The van der Waals surface area contributed by atoms with Crippen molar-refractivity contribution < 1.29 is 9.53 Å². The zero-order chi connectivity index (χ0) is 17.6. The molecule has 0 radical (unpaired) electrons. The second kappa shape index (κ2) is 7.96. The quantitative estimate of drug-likeness (QED) is 0.678. The first-order valence-corrected chi connectivity index (χ1v) is 8.66. The first-order chi connectivity index (χ1) is 12.1. The van der Waals surface area contributed by atoms with Crippen LogP contribution in [0, 0.1) is 0 Å². The Bertz CT molecular complexity index is 854. The molecule has 2 heterocycles. The Morgan fingerprint density at radius 3 is 2.68 bits per heavy atom. The third kappa shape index (κ3) is 4.68. The highest BCUT2D eigenvalue weighted by atomic mass is 35.5. The predicted molar refractivity (Wildman–Crippen MR) is 100.0 cm³/mol. The molecule has 2 aromatic heterocycles. The number of hydrogen-bond donors (Lipinski definition) is 2. The molecular weight excluding hydrogens is 360 g/mol. The number of nitrogens with zero attached hydrogens (tertiary/aromatic N) is 2. The van der Waals surface area contributed by atoms with Gasteiger partial charge in [-0.3, -0.25) is 4.79 Å². The standard InChI is InChI=1S/C17H15ClN4O2S/c1-24-14-5-4-11(18)9-13(14)19-15-6-7-16(22-21-15)20-17(23)10-12-3-2-8-25-12/h2-9H,10H2,1H3,(H,19,21)(H,20,22,23). The molecule has 8 heteroatoms. The average molecular weight is 375 g/mol. The molecule has 0 fully saturated rings. The summed E-state index contributed by atoms with van der Waals surface area (Å²) in [6.07, 6.45) is 0.319. The summed E-state index contributed by atoms with van der Waals surface area (Å²) in [7, 11) is 1.58. The Morgan fingerprint density at radius 1 is 1.20 bits per heavy atom. The molecule has 0 atom stereocenters. The van der Waals surface area contributed by atoms with Gasteiger partial charge in [0.05, 0.1) is 19.2 Å². The highest BCUT2D eigenvalue weighted by molar-refractivity contribution is 7.10. The number of methoxy groups -OCH3 is 1. The summed E-state index contributed by atoms with van der Waals surface area (Å²) in [4.78, 5) is 13.0. The molecule has 0 unspecified atom stereocenters. The van der Waals surface area contributed by atoms with Crippen molar-refractivity contribution in [2.24, 2.45) is 0 Å². The SMILES string of the molecule is COc1ccc(Cl)cc1Nc1ccc(NC(=O)Cc2cccs2)nn1. The number of halogens is 1. The maximum atomic E-state index is 12.0. The van der Waals surface area contributed by atoms with E-state index < -0.39 is 0 Å². The highest BCUT2D eigenvalue weighted by Crippen LogP contribution is 2.29. The van der Waals surface area contributed by atoms with E-state index >= 15 is 0 Å². The molecule has 0 spiro atoms. The number of amides is 1. The van der Waals surface area contributed by atoms with E-state index in [-0.39, 0.29) is 5.91 Å². The maximum absolute atomic E-state index is 12.0. The lowest BCUT2D eigenvalue weighted by atomic mass is 10.3. The third-order valence-electron chi connectivity index (χ3n) is 3.27. The molecule has 6 nitrogen and oxygen atoms in total. The lowest BCUT2D eigenvalue weighted by Crippen LogP contribution is -2.15. The van der Waals surface area contributed by atoms with E-state index in [2.05, 4.69) is 20.8 Å². The summed E-state index contributed by atoms with van der Waals surface area (Å²) in [5.41, 5.74) is 0.679. The predicted octanol–water partition coefficient (Wildman–Crippen LogP) is 4.12. The Hall–Kier alpha value is -2.64. The molecule has 0 bridgehead atoms. The number of thiophene rings is 1. The van der Waals surface area contributed by atoms with E-state index in [1.165, 1.54) is 0 Å². The van der Waals surface area contributed by atoms with Crippen molar-refractivity contribution >= 4 is 46.2 Å². The Morgan fingerprint density at radius 2 is 2.00 bits per heavy atom. The lowest BCUT2D eigenvalue weighted by Gasteiger charge is -2.11. The first kappa shape index (κ1) is 17.2. The van der Waals surface area contributed by atoms with Crippen molar-refractivity contribution in [1.29, 1.82) is 0 Å². The van der Waals surface area contributed by atoms with Crippen molar-refractivity contribution in [3.05, 3.63) is 57.7 Å². The number of carbonyl (C=O) groups is 1. The van der Waals surface area contributed by atoms with Crippen LogP contribution in [-0.4, -0.2) is 23.2 Å². The summed E-state index contributed by atoms with van der Waals surface area (Å²) >= 11 is 7.54. The van der Waals surface area contributed by atoms with Crippen LogP contribution >= 0.6 is 22.9 Å². The third-order valence-corrected chi connectivity index (χ3v) is 4.38. The van der Waals surface area contributed by atoms with Crippen LogP contribution < -0.4 is 15.4 Å². The summed E-state index contributed by atoms with van der Waals surface area (Å²) in [6, 6.07) is 12.5. The molecule has 25 heavy (non-hydrogen) atoms. The molecule has 128 valence electrons. The van der Waals surface area contributed by atoms with Crippen molar-refractivity contribution in [1.82, 2.24) is 10.2 Å². The molecular formula is C17H15ClN4O2S. The fourth-order valence-corrected chi connectivity index (χ4v) is 3.02. The van der Waals surface area contributed by atoms with Crippen molar-refractivity contribution in [3.63, 3.8) is 0 Å². The molecule has 3 aromatic rings. The number of carbonyl (C=O) groups excluding carboxylic acids is 1. The van der Waals surface area contributed by atoms with Gasteiger partial charge in [0, 0.05) is 9.90 Å². The van der Waals surface area contributed by atoms with Crippen LogP contribution in [0.25, 0.3) is 0 Å². The van der Waals surface area contributed by atoms with Gasteiger partial charge in [-0.15, -0.1) is 21.5 Å². The van der Waals surface area contributed by atoms with E-state index in [1.807, 2.05) is 17.5 Å². The number of ether oxygens (including phenoxy) is 1. The number of benzene rings is 1. The van der Waals surface area contributed by atoms with E-state index in [1.54, 1.807) is 48.8 Å². The van der Waals surface area contributed by atoms with Crippen molar-refractivity contribution in [3.8, 4) is 5.75 Å². The Labute approximate surface area is 153 Å². The van der Waals surface area contributed by atoms with Crippen molar-refractivity contribution in [2.45, 2.75) is 6.42 Å². The fourth-order valence-electron chi connectivity index (χ4n) is 2.14. The Kier molecular flexibility index (Phi) is 5.47.